The maximum absolute atomic E-state index is 11.7. The van der Waals surface area contributed by atoms with Crippen molar-refractivity contribution in [2.45, 2.75) is 29.6 Å². The number of carbonyl (C=O) groups excluding carboxylic acids is 1. The molecule has 0 aliphatic heterocycles. The van der Waals surface area contributed by atoms with Crippen LogP contribution in [0.3, 0.4) is 0 Å². The molecule has 0 saturated carbocycles. The van der Waals surface area contributed by atoms with Gasteiger partial charge < -0.3 is 11.1 Å². The van der Waals surface area contributed by atoms with Crippen molar-refractivity contribution in [3.8, 4) is 0 Å². The summed E-state index contributed by atoms with van der Waals surface area (Å²) in [6.45, 7) is 4.35. The van der Waals surface area contributed by atoms with Gasteiger partial charge >= 0.3 is 0 Å². The zero-order chi connectivity index (χ0) is 15.4. The maximum Gasteiger partial charge on any atom is 0.251 e. The second kappa shape index (κ2) is 6.68. The molecule has 0 unspecified atom stereocenters. The fourth-order valence-electron chi connectivity index (χ4n) is 1.96. The van der Waals surface area contributed by atoms with E-state index in [9.17, 15) is 4.79 Å². The molecular weight excluding hydrogens is 280 g/mol. The normalized spacial score (nSPS) is 10.7. The smallest absolute Gasteiger partial charge is 0.251 e. The summed E-state index contributed by atoms with van der Waals surface area (Å²) in [4.78, 5) is 13.7. The fraction of sp³-hybridized carbons (Fsp3) is 0.235. The Bertz CT molecular complexity index is 636. The topological polar surface area (TPSA) is 55.1 Å². The fourth-order valence-corrected chi connectivity index (χ4v) is 2.85. The lowest BCUT2D eigenvalue weighted by atomic mass is 10.0. The molecule has 2 rings (SSSR count). The number of nitrogens with two attached hydrogens (primary N) is 1. The molecule has 0 aliphatic carbocycles. The SMILES string of the molecule is CNC(=O)c1ccc(N)c(Sc2ccc(C(C)C)cc2)c1. The van der Waals surface area contributed by atoms with Crippen molar-refractivity contribution in [1.29, 1.82) is 0 Å². The molecule has 4 heteroatoms. The van der Waals surface area contributed by atoms with Crippen molar-refractivity contribution in [2.24, 2.45) is 0 Å². The summed E-state index contributed by atoms with van der Waals surface area (Å²) in [6, 6.07) is 13.8. The summed E-state index contributed by atoms with van der Waals surface area (Å²) in [5.41, 5.74) is 8.62. The number of nitrogen functional groups attached to an aromatic ring is 1. The highest BCUT2D eigenvalue weighted by Gasteiger charge is 2.08. The summed E-state index contributed by atoms with van der Waals surface area (Å²) in [5, 5.41) is 2.62. The Labute approximate surface area is 129 Å². The third-order valence-corrected chi connectivity index (χ3v) is 4.36. The zero-order valence-electron chi connectivity index (χ0n) is 12.5. The first-order valence-corrected chi connectivity index (χ1v) is 7.72. The molecule has 0 atom stereocenters. The molecule has 0 bridgehead atoms. The van der Waals surface area contributed by atoms with Gasteiger partial charge in [0.05, 0.1) is 0 Å². The number of carbonyl (C=O) groups is 1. The molecule has 0 heterocycles. The molecule has 0 saturated heterocycles. The summed E-state index contributed by atoms with van der Waals surface area (Å²) in [7, 11) is 1.62. The molecule has 0 aromatic heterocycles. The lowest BCUT2D eigenvalue weighted by Gasteiger charge is -2.09. The summed E-state index contributed by atoms with van der Waals surface area (Å²) in [6.07, 6.45) is 0. The Morgan fingerprint density at radius 3 is 2.38 bits per heavy atom. The van der Waals surface area contributed by atoms with Crippen molar-refractivity contribution in [3.05, 3.63) is 53.6 Å². The Hall–Kier alpha value is -1.94. The molecule has 0 spiro atoms. The molecule has 0 aliphatic rings. The molecule has 3 nitrogen and oxygen atoms in total. The Kier molecular flexibility index (Phi) is 4.91. The quantitative estimate of drug-likeness (QED) is 0.842. The monoisotopic (exact) mass is 300 g/mol. The van der Waals surface area contributed by atoms with Gasteiger partial charge in [-0.05, 0) is 41.8 Å². The predicted octanol–water partition coefficient (Wildman–Crippen LogP) is 3.90. The third-order valence-electron chi connectivity index (χ3n) is 3.28. The number of hydrogen-bond acceptors (Lipinski definition) is 3. The molecule has 3 N–H and O–H groups in total. The predicted molar refractivity (Wildman–Crippen MR) is 88.9 cm³/mol. The van der Waals surface area contributed by atoms with E-state index in [0.29, 0.717) is 17.2 Å². The first-order valence-electron chi connectivity index (χ1n) is 6.90. The first kappa shape index (κ1) is 15.4. The van der Waals surface area contributed by atoms with E-state index in [-0.39, 0.29) is 5.91 Å². The molecule has 2 aromatic rings. The van der Waals surface area contributed by atoms with E-state index in [4.69, 9.17) is 5.73 Å². The molecule has 0 fully saturated rings. The standard InChI is InChI=1S/C17H20N2OS/c1-11(2)12-4-7-14(8-5-12)21-16-10-13(17(20)19-3)6-9-15(16)18/h4-11H,18H2,1-3H3,(H,19,20). The van der Waals surface area contributed by atoms with Gasteiger partial charge in [0.2, 0.25) is 0 Å². The van der Waals surface area contributed by atoms with Crippen molar-refractivity contribution < 1.29 is 4.79 Å². The number of nitrogens with one attached hydrogen (secondary N) is 1. The summed E-state index contributed by atoms with van der Waals surface area (Å²) >= 11 is 1.57. The number of anilines is 1. The summed E-state index contributed by atoms with van der Waals surface area (Å²) in [5.74, 6) is 0.415. The van der Waals surface area contributed by atoms with Gasteiger partial charge in [-0.2, -0.15) is 0 Å². The van der Waals surface area contributed by atoms with Crippen LogP contribution >= 0.6 is 11.8 Å². The van der Waals surface area contributed by atoms with Gasteiger partial charge in [0, 0.05) is 28.1 Å². The van der Waals surface area contributed by atoms with Crippen LogP contribution < -0.4 is 11.1 Å². The van der Waals surface area contributed by atoms with E-state index in [1.54, 1.807) is 30.9 Å². The average molecular weight is 300 g/mol. The highest BCUT2D eigenvalue weighted by atomic mass is 32.2. The minimum atomic E-state index is -0.105. The van der Waals surface area contributed by atoms with Crippen LogP contribution in [0, 0.1) is 0 Å². The van der Waals surface area contributed by atoms with E-state index in [0.717, 1.165) is 9.79 Å². The number of rotatable bonds is 4. The average Bonchev–Trinajstić information content (AvgIpc) is 2.49. The molecule has 110 valence electrons. The second-order valence-electron chi connectivity index (χ2n) is 5.16. The van der Waals surface area contributed by atoms with Crippen LogP contribution in [0.4, 0.5) is 5.69 Å². The van der Waals surface area contributed by atoms with Crippen molar-refractivity contribution in [2.75, 3.05) is 12.8 Å². The number of amides is 1. The number of benzene rings is 2. The van der Waals surface area contributed by atoms with Crippen molar-refractivity contribution in [3.63, 3.8) is 0 Å². The molecular formula is C17H20N2OS. The van der Waals surface area contributed by atoms with E-state index < -0.39 is 0 Å². The van der Waals surface area contributed by atoms with Gasteiger partial charge in [-0.15, -0.1) is 0 Å². The van der Waals surface area contributed by atoms with Gasteiger partial charge in [-0.3, -0.25) is 4.79 Å². The highest BCUT2D eigenvalue weighted by molar-refractivity contribution is 7.99. The van der Waals surface area contributed by atoms with Crippen LogP contribution in [0.25, 0.3) is 0 Å². The maximum atomic E-state index is 11.7. The summed E-state index contributed by atoms with van der Waals surface area (Å²) < 4.78 is 0. The molecule has 21 heavy (non-hydrogen) atoms. The van der Waals surface area contributed by atoms with Gasteiger partial charge in [0.25, 0.3) is 5.91 Å². The second-order valence-corrected chi connectivity index (χ2v) is 6.27. The first-order chi connectivity index (χ1) is 10.0. The molecule has 0 radical (unpaired) electrons. The van der Waals surface area contributed by atoms with Crippen LogP contribution in [0.5, 0.6) is 0 Å². The van der Waals surface area contributed by atoms with Crippen molar-refractivity contribution >= 4 is 23.4 Å². The highest BCUT2D eigenvalue weighted by Crippen LogP contribution is 2.33. The molecule has 1 amide bonds. The van der Waals surface area contributed by atoms with E-state index >= 15 is 0 Å². The molecule has 2 aromatic carbocycles. The van der Waals surface area contributed by atoms with E-state index in [2.05, 4.69) is 43.4 Å². The van der Waals surface area contributed by atoms with Crippen LogP contribution in [0.2, 0.25) is 0 Å². The van der Waals surface area contributed by atoms with Gasteiger partial charge in [-0.1, -0.05) is 37.7 Å². The van der Waals surface area contributed by atoms with Gasteiger partial charge in [-0.25, -0.2) is 0 Å². The lowest BCUT2D eigenvalue weighted by Crippen LogP contribution is -2.17. The number of hydrogen-bond donors (Lipinski definition) is 2. The lowest BCUT2D eigenvalue weighted by molar-refractivity contribution is 0.0963. The van der Waals surface area contributed by atoms with Crippen molar-refractivity contribution in [1.82, 2.24) is 5.32 Å². The van der Waals surface area contributed by atoms with E-state index in [1.807, 2.05) is 6.07 Å². The van der Waals surface area contributed by atoms with E-state index in [1.165, 1.54) is 5.56 Å². The van der Waals surface area contributed by atoms with Crippen LogP contribution in [-0.4, -0.2) is 13.0 Å². The van der Waals surface area contributed by atoms with Gasteiger partial charge in [0.1, 0.15) is 0 Å². The minimum Gasteiger partial charge on any atom is -0.398 e. The minimum absolute atomic E-state index is 0.105. The zero-order valence-corrected chi connectivity index (χ0v) is 13.3. The van der Waals surface area contributed by atoms with Crippen LogP contribution in [0.15, 0.2) is 52.3 Å². The van der Waals surface area contributed by atoms with Crippen LogP contribution in [0.1, 0.15) is 35.7 Å². The van der Waals surface area contributed by atoms with Crippen LogP contribution in [-0.2, 0) is 0 Å². The van der Waals surface area contributed by atoms with Gasteiger partial charge in [0.15, 0.2) is 0 Å². The Morgan fingerprint density at radius 1 is 1.14 bits per heavy atom. The largest absolute Gasteiger partial charge is 0.398 e. The Balaban J connectivity index is 2.24. The Morgan fingerprint density at radius 2 is 1.81 bits per heavy atom. The third kappa shape index (κ3) is 3.79.